The molecule has 1 fully saturated rings. The maximum atomic E-state index is 12.9. The van der Waals surface area contributed by atoms with E-state index in [9.17, 15) is 4.57 Å². The van der Waals surface area contributed by atoms with Crippen molar-refractivity contribution >= 4 is 34.5 Å². The molecule has 1 heterocycles. The average Bonchev–Trinajstić information content (AvgIpc) is 2.66. The number of benzene rings is 1. The Kier molecular flexibility index (Phi) is 4.74. The largest absolute Gasteiger partial charge is 0.361 e. The number of rotatable bonds is 4. The van der Waals surface area contributed by atoms with Gasteiger partial charge >= 0.3 is 7.60 Å². The minimum atomic E-state index is -3.25. The Balaban J connectivity index is 2.27. The van der Waals surface area contributed by atoms with Crippen LogP contribution in [-0.2, 0) is 13.6 Å². The van der Waals surface area contributed by atoms with Crippen LogP contribution in [0.3, 0.4) is 0 Å². The minimum Gasteiger partial charge on any atom is -0.309 e. The molecule has 19 heavy (non-hydrogen) atoms. The first-order valence-electron chi connectivity index (χ1n) is 6.13. The third kappa shape index (κ3) is 3.22. The Hall–Kier alpha value is 0.0700. The quantitative estimate of drug-likeness (QED) is 0.617. The highest BCUT2D eigenvalue weighted by atomic mass is 33.1. The second-order valence-electron chi connectivity index (χ2n) is 5.03. The van der Waals surface area contributed by atoms with E-state index in [0.29, 0.717) is 5.30 Å². The summed E-state index contributed by atoms with van der Waals surface area (Å²) in [4.78, 5) is 0. The Labute approximate surface area is 122 Å². The van der Waals surface area contributed by atoms with Crippen LogP contribution in [0.25, 0.3) is 0 Å². The molecule has 0 aliphatic carbocycles. The van der Waals surface area contributed by atoms with Crippen LogP contribution < -0.4 is 5.30 Å². The van der Waals surface area contributed by atoms with Crippen molar-refractivity contribution in [2.24, 2.45) is 0 Å². The van der Waals surface area contributed by atoms with Gasteiger partial charge in [0.15, 0.2) is 0 Å². The molecule has 3 nitrogen and oxygen atoms in total. The fraction of sp³-hybridized carbons (Fsp3) is 0.538. The van der Waals surface area contributed by atoms with Gasteiger partial charge in [0.1, 0.15) is 0 Å². The second kappa shape index (κ2) is 5.82. The highest BCUT2D eigenvalue weighted by Gasteiger charge is 2.46. The maximum absolute atomic E-state index is 12.9. The molecule has 0 amide bonds. The van der Waals surface area contributed by atoms with E-state index < -0.39 is 7.60 Å². The summed E-state index contributed by atoms with van der Waals surface area (Å²) in [5, 5.41) is 0.898. The first kappa shape index (κ1) is 15.5. The lowest BCUT2D eigenvalue weighted by molar-refractivity contribution is 0.145. The van der Waals surface area contributed by atoms with E-state index in [-0.39, 0.29) is 16.1 Å². The zero-order chi connectivity index (χ0) is 14.1. The third-order valence-corrected chi connectivity index (χ3v) is 8.80. The summed E-state index contributed by atoms with van der Waals surface area (Å²) in [6.07, 6.45) is -0.103. The standard InChI is InChI=1S/C13H19O3PS2/c1-10-12(13(2,3)19-18-10)16-17(14,15-4)11-8-6-5-7-9-11/h5-10,12H,1-4H3/t10-,12+,17?/m0/s1. The number of hydrogen-bond donors (Lipinski definition) is 0. The summed E-state index contributed by atoms with van der Waals surface area (Å²) < 4.78 is 24.0. The van der Waals surface area contributed by atoms with E-state index >= 15 is 0 Å². The van der Waals surface area contributed by atoms with E-state index in [0.717, 1.165) is 0 Å². The summed E-state index contributed by atoms with van der Waals surface area (Å²) in [5.41, 5.74) is 0. The smallest absolute Gasteiger partial charge is 0.309 e. The fourth-order valence-electron chi connectivity index (χ4n) is 2.05. The monoisotopic (exact) mass is 318 g/mol. The summed E-state index contributed by atoms with van der Waals surface area (Å²) in [7, 11) is 1.75. The lowest BCUT2D eigenvalue weighted by Crippen LogP contribution is -2.36. The lowest BCUT2D eigenvalue weighted by Gasteiger charge is -2.30. The SMILES string of the molecule is COP(=O)(O[C@@H]1[C@H](C)SSC1(C)C)c1ccccc1. The molecule has 1 aliphatic heterocycles. The molecular weight excluding hydrogens is 299 g/mol. The van der Waals surface area contributed by atoms with Gasteiger partial charge in [0.25, 0.3) is 0 Å². The van der Waals surface area contributed by atoms with Crippen molar-refractivity contribution in [3.8, 4) is 0 Å². The molecule has 0 bridgehead atoms. The topological polar surface area (TPSA) is 35.5 Å². The Bertz CT molecular complexity index is 478. The molecular formula is C13H19O3PS2. The Morgan fingerprint density at radius 1 is 1.26 bits per heavy atom. The van der Waals surface area contributed by atoms with Crippen LogP contribution in [0.2, 0.25) is 0 Å². The third-order valence-electron chi connectivity index (χ3n) is 3.09. The normalized spacial score (nSPS) is 29.1. The van der Waals surface area contributed by atoms with Crippen LogP contribution in [-0.4, -0.2) is 23.2 Å². The molecule has 1 saturated heterocycles. The van der Waals surface area contributed by atoms with Gasteiger partial charge in [-0.1, -0.05) is 39.8 Å². The highest BCUT2D eigenvalue weighted by Crippen LogP contribution is 2.58. The molecule has 0 saturated carbocycles. The summed E-state index contributed by atoms with van der Waals surface area (Å²) in [6.45, 7) is 6.33. The highest BCUT2D eigenvalue weighted by molar-refractivity contribution is 8.77. The van der Waals surface area contributed by atoms with Crippen LogP contribution in [0.15, 0.2) is 30.3 Å². The van der Waals surface area contributed by atoms with Crippen molar-refractivity contribution in [3.05, 3.63) is 30.3 Å². The van der Waals surface area contributed by atoms with Gasteiger partial charge in [0, 0.05) is 17.1 Å². The Morgan fingerprint density at radius 2 is 1.89 bits per heavy atom. The van der Waals surface area contributed by atoms with Gasteiger partial charge in [-0.15, -0.1) is 0 Å². The van der Waals surface area contributed by atoms with E-state index in [2.05, 4.69) is 20.8 Å². The van der Waals surface area contributed by atoms with E-state index in [4.69, 9.17) is 9.05 Å². The minimum absolute atomic E-state index is 0.0763. The van der Waals surface area contributed by atoms with Gasteiger partial charge in [0.05, 0.1) is 11.4 Å². The molecule has 0 aromatic heterocycles. The summed E-state index contributed by atoms with van der Waals surface area (Å²) in [6, 6.07) is 9.15. The molecule has 1 aromatic rings. The van der Waals surface area contributed by atoms with Crippen LogP contribution >= 0.6 is 29.2 Å². The lowest BCUT2D eigenvalue weighted by atomic mass is 10.0. The van der Waals surface area contributed by atoms with Gasteiger partial charge in [-0.25, -0.2) is 0 Å². The van der Waals surface area contributed by atoms with Crippen molar-refractivity contribution in [1.29, 1.82) is 0 Å². The molecule has 1 aliphatic rings. The van der Waals surface area contributed by atoms with Crippen molar-refractivity contribution in [2.75, 3.05) is 7.11 Å². The predicted octanol–water partition coefficient (Wildman–Crippen LogP) is 4.10. The van der Waals surface area contributed by atoms with Crippen LogP contribution in [0, 0.1) is 0 Å². The molecule has 106 valence electrons. The van der Waals surface area contributed by atoms with E-state index in [1.807, 2.05) is 18.2 Å². The van der Waals surface area contributed by atoms with Crippen molar-refractivity contribution in [1.82, 2.24) is 0 Å². The predicted molar refractivity (Wildman–Crippen MR) is 84.3 cm³/mol. The van der Waals surface area contributed by atoms with Crippen molar-refractivity contribution < 1.29 is 13.6 Å². The molecule has 2 rings (SSSR count). The van der Waals surface area contributed by atoms with Gasteiger partial charge < -0.3 is 4.52 Å². The molecule has 1 unspecified atom stereocenters. The molecule has 6 heteroatoms. The molecule has 1 aromatic carbocycles. The van der Waals surface area contributed by atoms with Gasteiger partial charge in [-0.2, -0.15) is 0 Å². The average molecular weight is 318 g/mol. The zero-order valence-electron chi connectivity index (χ0n) is 11.5. The van der Waals surface area contributed by atoms with Crippen molar-refractivity contribution in [2.45, 2.75) is 36.9 Å². The maximum Gasteiger partial charge on any atom is 0.361 e. The van der Waals surface area contributed by atoms with Gasteiger partial charge in [-0.3, -0.25) is 9.09 Å². The molecule has 0 spiro atoms. The van der Waals surface area contributed by atoms with Crippen LogP contribution in [0.4, 0.5) is 0 Å². The molecule has 0 radical (unpaired) electrons. The van der Waals surface area contributed by atoms with Crippen LogP contribution in [0.5, 0.6) is 0 Å². The van der Waals surface area contributed by atoms with Crippen LogP contribution in [0.1, 0.15) is 20.8 Å². The summed E-state index contributed by atoms with van der Waals surface area (Å²) in [5.74, 6) is 0. The second-order valence-corrected chi connectivity index (χ2v) is 10.3. The summed E-state index contributed by atoms with van der Waals surface area (Å²) >= 11 is 0. The first-order valence-corrected chi connectivity index (χ1v) is 9.89. The van der Waals surface area contributed by atoms with Gasteiger partial charge in [0.2, 0.25) is 0 Å². The fourth-order valence-corrected chi connectivity index (χ4v) is 7.02. The van der Waals surface area contributed by atoms with Gasteiger partial charge in [-0.05, 0) is 32.9 Å². The Morgan fingerprint density at radius 3 is 2.37 bits per heavy atom. The number of hydrogen-bond acceptors (Lipinski definition) is 5. The first-order chi connectivity index (χ1) is 8.89. The molecule has 3 atom stereocenters. The molecule has 0 N–H and O–H groups in total. The van der Waals surface area contributed by atoms with Crippen molar-refractivity contribution in [3.63, 3.8) is 0 Å². The van der Waals surface area contributed by atoms with E-state index in [1.54, 1.807) is 33.7 Å². The zero-order valence-corrected chi connectivity index (χ0v) is 14.1. The van der Waals surface area contributed by atoms with E-state index in [1.165, 1.54) is 7.11 Å².